The summed E-state index contributed by atoms with van der Waals surface area (Å²) >= 11 is 2.30. The van der Waals surface area contributed by atoms with Crippen molar-refractivity contribution in [2.24, 2.45) is 5.41 Å². The van der Waals surface area contributed by atoms with Crippen LogP contribution in [-0.4, -0.2) is 18.9 Å². The summed E-state index contributed by atoms with van der Waals surface area (Å²) in [6.07, 6.45) is 4.74. The molecule has 0 saturated carbocycles. The lowest BCUT2D eigenvalue weighted by Crippen LogP contribution is -2.42. The molecule has 1 aliphatic rings. The van der Waals surface area contributed by atoms with E-state index in [2.05, 4.69) is 59.1 Å². The van der Waals surface area contributed by atoms with Crippen LogP contribution in [0.4, 0.5) is 0 Å². The quantitative estimate of drug-likeness (QED) is 0.802. The molecule has 0 unspecified atom stereocenters. The molecule has 1 N–H and O–H groups in total. The molecular formula is C16H22INO. The first kappa shape index (κ1) is 15.0. The topological polar surface area (TPSA) is 29.1 Å². The molecule has 0 bridgehead atoms. The van der Waals surface area contributed by atoms with E-state index in [-0.39, 0.29) is 5.41 Å². The Labute approximate surface area is 129 Å². The zero-order chi connectivity index (χ0) is 13.7. The van der Waals surface area contributed by atoms with Gasteiger partial charge in [-0.2, -0.15) is 0 Å². The van der Waals surface area contributed by atoms with Crippen LogP contribution in [0.5, 0.6) is 0 Å². The van der Waals surface area contributed by atoms with E-state index in [4.69, 9.17) is 0 Å². The maximum absolute atomic E-state index is 12.7. The Bertz CT molecular complexity index is 415. The normalized spacial score (nSPS) is 18.2. The van der Waals surface area contributed by atoms with Gasteiger partial charge in [-0.3, -0.25) is 4.79 Å². The van der Waals surface area contributed by atoms with Gasteiger partial charge in [0.1, 0.15) is 5.78 Å². The van der Waals surface area contributed by atoms with E-state index >= 15 is 0 Å². The van der Waals surface area contributed by atoms with Gasteiger partial charge >= 0.3 is 0 Å². The predicted octanol–water partition coefficient (Wildman–Crippen LogP) is 3.57. The third-order valence-corrected chi connectivity index (χ3v) is 4.88. The number of nitrogens with one attached hydrogen (secondary N) is 1. The standard InChI is InChI=1S/C16H22INO/c1-2-7-16(8-10-18-11-9-16)15(19)12-13-3-5-14(17)6-4-13/h3-6,18H,2,7-12H2,1H3. The van der Waals surface area contributed by atoms with Gasteiger partial charge in [0.2, 0.25) is 0 Å². The molecule has 104 valence electrons. The summed E-state index contributed by atoms with van der Waals surface area (Å²) < 4.78 is 1.22. The number of carbonyl (C=O) groups excluding carboxylic acids is 1. The van der Waals surface area contributed by atoms with Crippen molar-refractivity contribution in [1.82, 2.24) is 5.32 Å². The fraction of sp³-hybridized carbons (Fsp3) is 0.562. The highest BCUT2D eigenvalue weighted by Crippen LogP contribution is 2.36. The smallest absolute Gasteiger partial charge is 0.143 e. The van der Waals surface area contributed by atoms with Crippen LogP contribution in [-0.2, 0) is 11.2 Å². The lowest BCUT2D eigenvalue weighted by Gasteiger charge is -2.36. The Kier molecular flexibility index (Phi) is 5.39. The van der Waals surface area contributed by atoms with E-state index < -0.39 is 0 Å². The Morgan fingerprint density at radius 1 is 1.26 bits per heavy atom. The second-order valence-corrected chi connectivity index (χ2v) is 6.75. The average Bonchev–Trinajstić information content (AvgIpc) is 2.43. The number of piperidine rings is 1. The summed E-state index contributed by atoms with van der Waals surface area (Å²) in [4.78, 5) is 12.7. The highest BCUT2D eigenvalue weighted by Gasteiger charge is 2.37. The van der Waals surface area contributed by atoms with Gasteiger partial charge in [-0.1, -0.05) is 25.5 Å². The number of carbonyl (C=O) groups is 1. The molecule has 1 aliphatic heterocycles. The summed E-state index contributed by atoms with van der Waals surface area (Å²) in [5, 5.41) is 3.37. The second-order valence-electron chi connectivity index (χ2n) is 5.51. The lowest BCUT2D eigenvalue weighted by atomic mass is 9.70. The Morgan fingerprint density at radius 2 is 1.89 bits per heavy atom. The number of hydrogen-bond donors (Lipinski definition) is 1. The minimum atomic E-state index is -0.0665. The molecule has 1 heterocycles. The summed E-state index contributed by atoms with van der Waals surface area (Å²) in [7, 11) is 0. The number of rotatable bonds is 5. The highest BCUT2D eigenvalue weighted by atomic mass is 127. The number of halogens is 1. The molecule has 3 heteroatoms. The van der Waals surface area contributed by atoms with Crippen LogP contribution in [0, 0.1) is 8.99 Å². The van der Waals surface area contributed by atoms with Crippen LogP contribution in [0.25, 0.3) is 0 Å². The Morgan fingerprint density at radius 3 is 2.47 bits per heavy atom. The van der Waals surface area contributed by atoms with Gasteiger partial charge in [0.05, 0.1) is 0 Å². The molecule has 1 saturated heterocycles. The molecule has 0 spiro atoms. The molecule has 0 aliphatic carbocycles. The van der Waals surface area contributed by atoms with E-state index in [0.717, 1.165) is 44.3 Å². The van der Waals surface area contributed by atoms with Crippen molar-refractivity contribution < 1.29 is 4.79 Å². The predicted molar refractivity (Wildman–Crippen MR) is 87.3 cm³/mol. The fourth-order valence-corrected chi connectivity index (χ4v) is 3.39. The molecule has 1 aromatic carbocycles. The van der Waals surface area contributed by atoms with Gasteiger partial charge in [0, 0.05) is 15.4 Å². The lowest BCUT2D eigenvalue weighted by molar-refractivity contribution is -0.130. The van der Waals surface area contributed by atoms with Gasteiger partial charge in [0.25, 0.3) is 0 Å². The largest absolute Gasteiger partial charge is 0.317 e. The first-order valence-electron chi connectivity index (χ1n) is 7.15. The van der Waals surface area contributed by atoms with E-state index in [1.807, 2.05) is 0 Å². The van der Waals surface area contributed by atoms with E-state index in [1.54, 1.807) is 0 Å². The van der Waals surface area contributed by atoms with Crippen molar-refractivity contribution in [3.05, 3.63) is 33.4 Å². The first-order chi connectivity index (χ1) is 9.16. The second kappa shape index (κ2) is 6.84. The SMILES string of the molecule is CCCC1(C(=O)Cc2ccc(I)cc2)CCNCC1. The van der Waals surface area contributed by atoms with Crippen LogP contribution in [0.15, 0.2) is 24.3 Å². The van der Waals surface area contributed by atoms with Crippen LogP contribution in [0.1, 0.15) is 38.2 Å². The zero-order valence-corrected chi connectivity index (χ0v) is 13.7. The monoisotopic (exact) mass is 371 g/mol. The van der Waals surface area contributed by atoms with Crippen LogP contribution in [0.3, 0.4) is 0 Å². The average molecular weight is 371 g/mol. The van der Waals surface area contributed by atoms with Gasteiger partial charge in [-0.15, -0.1) is 0 Å². The first-order valence-corrected chi connectivity index (χ1v) is 8.23. The van der Waals surface area contributed by atoms with Crippen LogP contribution in [0.2, 0.25) is 0 Å². The molecule has 0 radical (unpaired) electrons. The van der Waals surface area contributed by atoms with Crippen molar-refractivity contribution in [3.8, 4) is 0 Å². The number of hydrogen-bond acceptors (Lipinski definition) is 2. The molecule has 1 aromatic rings. The maximum Gasteiger partial charge on any atom is 0.143 e. The fourth-order valence-electron chi connectivity index (χ4n) is 3.03. The van der Waals surface area contributed by atoms with Crippen molar-refractivity contribution in [2.75, 3.05) is 13.1 Å². The van der Waals surface area contributed by atoms with Gasteiger partial charge in [-0.25, -0.2) is 0 Å². The molecule has 2 rings (SSSR count). The van der Waals surface area contributed by atoms with Gasteiger partial charge < -0.3 is 5.32 Å². The third kappa shape index (κ3) is 3.78. The zero-order valence-electron chi connectivity index (χ0n) is 11.5. The van der Waals surface area contributed by atoms with Crippen LogP contribution < -0.4 is 5.32 Å². The number of Topliss-reactive ketones (excluding diaryl/α,β-unsaturated/α-hetero) is 1. The van der Waals surface area contributed by atoms with Crippen molar-refractivity contribution in [1.29, 1.82) is 0 Å². The highest BCUT2D eigenvalue weighted by molar-refractivity contribution is 14.1. The molecule has 0 amide bonds. The van der Waals surface area contributed by atoms with Crippen molar-refractivity contribution >= 4 is 28.4 Å². The minimum Gasteiger partial charge on any atom is -0.317 e. The molecule has 19 heavy (non-hydrogen) atoms. The van der Waals surface area contributed by atoms with E-state index in [9.17, 15) is 4.79 Å². The van der Waals surface area contributed by atoms with Gasteiger partial charge in [0.15, 0.2) is 0 Å². The van der Waals surface area contributed by atoms with Crippen LogP contribution >= 0.6 is 22.6 Å². The molecule has 0 aromatic heterocycles. The van der Waals surface area contributed by atoms with E-state index in [0.29, 0.717) is 12.2 Å². The van der Waals surface area contributed by atoms with Crippen molar-refractivity contribution in [2.45, 2.75) is 39.0 Å². The third-order valence-electron chi connectivity index (χ3n) is 4.16. The molecule has 1 fully saturated rings. The molecular weight excluding hydrogens is 349 g/mol. The Balaban J connectivity index is 2.09. The number of benzene rings is 1. The maximum atomic E-state index is 12.7. The summed E-state index contributed by atoms with van der Waals surface area (Å²) in [5.74, 6) is 0.442. The number of ketones is 1. The summed E-state index contributed by atoms with van der Waals surface area (Å²) in [6, 6.07) is 8.33. The molecule has 2 nitrogen and oxygen atoms in total. The Hall–Kier alpha value is -0.420. The van der Waals surface area contributed by atoms with E-state index in [1.165, 1.54) is 3.57 Å². The summed E-state index contributed by atoms with van der Waals surface area (Å²) in [6.45, 7) is 4.15. The van der Waals surface area contributed by atoms with Crippen molar-refractivity contribution in [3.63, 3.8) is 0 Å². The minimum absolute atomic E-state index is 0.0665. The van der Waals surface area contributed by atoms with Gasteiger partial charge in [-0.05, 0) is 72.6 Å². The molecule has 0 atom stereocenters. The summed E-state index contributed by atoms with van der Waals surface area (Å²) in [5.41, 5.74) is 1.09.